The highest BCUT2D eigenvalue weighted by Gasteiger charge is 2.18. The standard InChI is InChI=1S/C17H15BrN2O3/c1-2-23-15-6-4-3-5-11(15)10-20-14-8-7-12(18)9-13(14)16(19-22)17(20)21/h3-9,21H,2,10H2,1H3. The topological polar surface area (TPSA) is 63.8 Å². The van der Waals surface area contributed by atoms with Crippen molar-refractivity contribution in [2.45, 2.75) is 13.5 Å². The first-order chi connectivity index (χ1) is 11.2. The lowest BCUT2D eigenvalue weighted by Gasteiger charge is -2.12. The van der Waals surface area contributed by atoms with E-state index in [1.54, 1.807) is 10.6 Å². The summed E-state index contributed by atoms with van der Waals surface area (Å²) in [4.78, 5) is 11.1. The zero-order valence-corrected chi connectivity index (χ0v) is 14.1. The van der Waals surface area contributed by atoms with Crippen molar-refractivity contribution in [2.75, 3.05) is 6.61 Å². The molecule has 1 heterocycles. The van der Waals surface area contributed by atoms with E-state index in [1.165, 1.54) is 0 Å². The van der Waals surface area contributed by atoms with Gasteiger partial charge in [0.1, 0.15) is 5.75 Å². The molecule has 0 bridgehead atoms. The van der Waals surface area contributed by atoms with Gasteiger partial charge in [0.2, 0.25) is 5.88 Å². The molecule has 0 unspecified atom stereocenters. The minimum absolute atomic E-state index is 0.0511. The van der Waals surface area contributed by atoms with E-state index in [2.05, 4.69) is 21.1 Å². The van der Waals surface area contributed by atoms with Crippen molar-refractivity contribution in [1.82, 2.24) is 4.57 Å². The zero-order valence-electron chi connectivity index (χ0n) is 12.5. The summed E-state index contributed by atoms with van der Waals surface area (Å²) in [6, 6.07) is 13.1. The van der Waals surface area contributed by atoms with Gasteiger partial charge in [0.25, 0.3) is 0 Å². The Bertz CT molecular complexity index is 874. The lowest BCUT2D eigenvalue weighted by Crippen LogP contribution is -2.02. The average molecular weight is 375 g/mol. The van der Waals surface area contributed by atoms with Crippen LogP contribution in [0.1, 0.15) is 12.5 Å². The molecule has 0 fully saturated rings. The second kappa shape index (κ2) is 6.42. The van der Waals surface area contributed by atoms with Gasteiger partial charge < -0.3 is 14.4 Å². The van der Waals surface area contributed by atoms with E-state index in [1.807, 2.05) is 43.3 Å². The highest BCUT2D eigenvalue weighted by Crippen LogP contribution is 2.40. The fourth-order valence-electron chi connectivity index (χ4n) is 2.65. The van der Waals surface area contributed by atoms with Crippen molar-refractivity contribution in [2.24, 2.45) is 5.18 Å². The van der Waals surface area contributed by atoms with Gasteiger partial charge in [0.15, 0.2) is 5.69 Å². The number of hydrogen-bond donors (Lipinski definition) is 1. The van der Waals surface area contributed by atoms with Gasteiger partial charge in [-0.15, -0.1) is 4.91 Å². The number of aromatic nitrogens is 1. The molecule has 118 valence electrons. The van der Waals surface area contributed by atoms with E-state index >= 15 is 0 Å². The lowest BCUT2D eigenvalue weighted by atomic mass is 10.2. The number of nitroso groups, excluding NO2 is 1. The molecule has 0 amide bonds. The number of fused-ring (bicyclic) bond motifs is 1. The Morgan fingerprint density at radius 2 is 2.04 bits per heavy atom. The van der Waals surface area contributed by atoms with Crippen LogP contribution in [0.2, 0.25) is 0 Å². The molecule has 3 aromatic rings. The van der Waals surface area contributed by atoms with Crippen LogP contribution in [-0.4, -0.2) is 16.3 Å². The number of aromatic hydroxyl groups is 1. The number of nitrogens with zero attached hydrogens (tertiary/aromatic N) is 2. The highest BCUT2D eigenvalue weighted by atomic mass is 79.9. The fourth-order valence-corrected chi connectivity index (χ4v) is 3.01. The molecule has 0 aliphatic carbocycles. The number of halogens is 1. The minimum atomic E-state index is -0.139. The third-order valence-electron chi connectivity index (χ3n) is 3.66. The van der Waals surface area contributed by atoms with Gasteiger partial charge in [0, 0.05) is 15.4 Å². The van der Waals surface area contributed by atoms with Crippen molar-refractivity contribution < 1.29 is 9.84 Å². The van der Waals surface area contributed by atoms with E-state index in [0.29, 0.717) is 18.5 Å². The van der Waals surface area contributed by atoms with Crippen molar-refractivity contribution in [3.8, 4) is 11.6 Å². The Hall–Kier alpha value is -2.34. The van der Waals surface area contributed by atoms with Gasteiger partial charge in [-0.3, -0.25) is 0 Å². The van der Waals surface area contributed by atoms with Crippen molar-refractivity contribution in [3.63, 3.8) is 0 Å². The van der Waals surface area contributed by atoms with Crippen LogP contribution in [0, 0.1) is 4.91 Å². The van der Waals surface area contributed by atoms with Crippen LogP contribution < -0.4 is 4.74 Å². The van der Waals surface area contributed by atoms with Gasteiger partial charge in [0.05, 0.1) is 18.7 Å². The van der Waals surface area contributed by atoms with Gasteiger partial charge >= 0.3 is 0 Å². The largest absolute Gasteiger partial charge is 0.494 e. The maximum absolute atomic E-state index is 11.1. The predicted molar refractivity (Wildman–Crippen MR) is 93.5 cm³/mol. The first kappa shape index (κ1) is 15.6. The Morgan fingerprint density at radius 3 is 2.78 bits per heavy atom. The van der Waals surface area contributed by atoms with Crippen molar-refractivity contribution in [3.05, 3.63) is 57.4 Å². The van der Waals surface area contributed by atoms with Crippen molar-refractivity contribution in [1.29, 1.82) is 0 Å². The maximum atomic E-state index is 11.1. The molecule has 0 saturated heterocycles. The first-order valence-corrected chi connectivity index (χ1v) is 7.99. The molecule has 3 rings (SSSR count). The minimum Gasteiger partial charge on any atom is -0.494 e. The molecule has 0 radical (unpaired) electrons. The molecule has 1 N–H and O–H groups in total. The summed E-state index contributed by atoms with van der Waals surface area (Å²) < 4.78 is 8.11. The number of ether oxygens (including phenoxy) is 1. The molecular weight excluding hydrogens is 360 g/mol. The van der Waals surface area contributed by atoms with Gasteiger partial charge in [-0.1, -0.05) is 34.1 Å². The summed E-state index contributed by atoms with van der Waals surface area (Å²) in [5.41, 5.74) is 1.71. The predicted octanol–water partition coefficient (Wildman–Crippen LogP) is 4.95. The van der Waals surface area contributed by atoms with Crippen LogP contribution in [0.5, 0.6) is 11.6 Å². The van der Waals surface area contributed by atoms with Crippen LogP contribution >= 0.6 is 15.9 Å². The smallest absolute Gasteiger partial charge is 0.222 e. The first-order valence-electron chi connectivity index (χ1n) is 7.20. The van der Waals surface area contributed by atoms with Crippen LogP contribution in [-0.2, 0) is 6.54 Å². The Morgan fingerprint density at radius 1 is 1.26 bits per heavy atom. The van der Waals surface area contributed by atoms with E-state index in [4.69, 9.17) is 4.74 Å². The quantitative estimate of drug-likeness (QED) is 0.642. The highest BCUT2D eigenvalue weighted by molar-refractivity contribution is 9.10. The van der Waals surface area contributed by atoms with Crippen LogP contribution in [0.15, 0.2) is 52.1 Å². The molecule has 23 heavy (non-hydrogen) atoms. The van der Waals surface area contributed by atoms with Crippen LogP contribution in [0.4, 0.5) is 5.69 Å². The average Bonchev–Trinajstić information content (AvgIpc) is 2.80. The summed E-state index contributed by atoms with van der Waals surface area (Å²) in [5.74, 6) is 0.619. The Balaban J connectivity index is 2.14. The number of hydrogen-bond acceptors (Lipinski definition) is 4. The SMILES string of the molecule is CCOc1ccccc1Cn1c(O)c(N=O)c2cc(Br)ccc21. The fraction of sp³-hybridized carbons (Fsp3) is 0.176. The Kier molecular flexibility index (Phi) is 4.34. The molecule has 0 aliphatic heterocycles. The molecular formula is C17H15BrN2O3. The van der Waals surface area contributed by atoms with Gasteiger partial charge in [-0.25, -0.2) is 0 Å². The van der Waals surface area contributed by atoms with Gasteiger partial charge in [-0.2, -0.15) is 0 Å². The number of benzene rings is 2. The molecule has 6 heteroatoms. The van der Waals surface area contributed by atoms with Crippen molar-refractivity contribution >= 4 is 32.5 Å². The van der Waals surface area contributed by atoms with E-state index in [9.17, 15) is 10.0 Å². The second-order valence-corrected chi connectivity index (χ2v) is 5.97. The van der Waals surface area contributed by atoms with Gasteiger partial charge in [-0.05, 0) is 36.4 Å². The maximum Gasteiger partial charge on any atom is 0.222 e. The molecule has 0 spiro atoms. The summed E-state index contributed by atoms with van der Waals surface area (Å²) in [7, 11) is 0. The van der Waals surface area contributed by atoms with Crippen LogP contribution in [0.25, 0.3) is 10.9 Å². The van der Waals surface area contributed by atoms with E-state index in [-0.39, 0.29) is 11.6 Å². The zero-order chi connectivity index (χ0) is 16.4. The molecule has 0 saturated carbocycles. The molecule has 2 aromatic carbocycles. The van der Waals surface area contributed by atoms with Crippen LogP contribution in [0.3, 0.4) is 0 Å². The number of para-hydroxylation sites is 1. The lowest BCUT2D eigenvalue weighted by molar-refractivity contribution is 0.335. The molecule has 5 nitrogen and oxygen atoms in total. The number of rotatable bonds is 5. The summed E-state index contributed by atoms with van der Waals surface area (Å²) in [6.45, 7) is 2.87. The summed E-state index contributed by atoms with van der Waals surface area (Å²) in [5, 5.41) is 14.0. The summed E-state index contributed by atoms with van der Waals surface area (Å²) in [6.07, 6.45) is 0. The van der Waals surface area contributed by atoms with E-state index < -0.39 is 0 Å². The summed E-state index contributed by atoms with van der Waals surface area (Å²) >= 11 is 3.37. The third kappa shape index (κ3) is 2.82. The molecule has 0 aliphatic rings. The Labute approximate surface area is 141 Å². The normalized spacial score (nSPS) is 10.9. The molecule has 1 aromatic heterocycles. The second-order valence-electron chi connectivity index (χ2n) is 5.05. The molecule has 0 atom stereocenters. The monoisotopic (exact) mass is 374 g/mol. The third-order valence-corrected chi connectivity index (χ3v) is 4.16. The van der Waals surface area contributed by atoms with E-state index in [0.717, 1.165) is 21.3 Å².